The topological polar surface area (TPSA) is 23.6 Å². The van der Waals surface area contributed by atoms with Gasteiger partial charge in [0.1, 0.15) is 0 Å². The van der Waals surface area contributed by atoms with Gasteiger partial charge in [0.15, 0.2) is 0 Å². The molecule has 0 N–H and O–H groups in total. The monoisotopic (exact) mass is 256 g/mol. The molecule has 0 unspecified atom stereocenters. The Balaban J connectivity index is 1.90. The SMILES string of the molecule is CN1CC=C(c2ccc3c(c2)CC(=O)N(C)C3)CC1. The molecule has 1 aromatic carbocycles. The van der Waals surface area contributed by atoms with Crippen molar-refractivity contribution in [2.45, 2.75) is 19.4 Å². The summed E-state index contributed by atoms with van der Waals surface area (Å²) in [7, 11) is 4.02. The lowest BCUT2D eigenvalue weighted by atomic mass is 9.92. The van der Waals surface area contributed by atoms with Crippen LogP contribution < -0.4 is 0 Å². The third kappa shape index (κ3) is 2.43. The van der Waals surface area contributed by atoms with Crippen LogP contribution in [-0.2, 0) is 17.8 Å². The molecule has 2 aliphatic heterocycles. The van der Waals surface area contributed by atoms with Crippen LogP contribution >= 0.6 is 0 Å². The molecule has 1 aromatic rings. The molecular formula is C16H20N2O. The molecule has 0 bridgehead atoms. The summed E-state index contributed by atoms with van der Waals surface area (Å²) in [6, 6.07) is 6.61. The summed E-state index contributed by atoms with van der Waals surface area (Å²) >= 11 is 0. The maximum atomic E-state index is 11.8. The van der Waals surface area contributed by atoms with Crippen LogP contribution in [0.4, 0.5) is 0 Å². The third-order valence-corrected chi connectivity index (χ3v) is 4.16. The standard InChI is InChI=1S/C16H20N2O/c1-17-7-5-12(6-8-17)13-3-4-14-11-18(2)16(19)10-15(14)9-13/h3-5,9H,6-8,10-11H2,1-2H3. The maximum Gasteiger partial charge on any atom is 0.227 e. The second-order valence-corrected chi connectivity index (χ2v) is 5.65. The van der Waals surface area contributed by atoms with Gasteiger partial charge in [-0.2, -0.15) is 0 Å². The normalized spacial score (nSPS) is 20.2. The Kier molecular flexibility index (Phi) is 3.15. The molecular weight excluding hydrogens is 236 g/mol. The van der Waals surface area contributed by atoms with Crippen molar-refractivity contribution in [3.05, 3.63) is 41.0 Å². The van der Waals surface area contributed by atoms with Crippen molar-refractivity contribution < 1.29 is 4.79 Å². The van der Waals surface area contributed by atoms with E-state index in [1.807, 2.05) is 7.05 Å². The fraction of sp³-hybridized carbons (Fsp3) is 0.438. The highest BCUT2D eigenvalue weighted by Crippen LogP contribution is 2.26. The first-order chi connectivity index (χ1) is 9.13. The first-order valence-electron chi connectivity index (χ1n) is 6.87. The number of hydrogen-bond donors (Lipinski definition) is 0. The number of carbonyl (C=O) groups excluding carboxylic acids is 1. The fourth-order valence-electron chi connectivity index (χ4n) is 2.82. The van der Waals surface area contributed by atoms with Gasteiger partial charge in [-0.25, -0.2) is 0 Å². The number of hydrogen-bond acceptors (Lipinski definition) is 2. The quantitative estimate of drug-likeness (QED) is 0.766. The first-order valence-corrected chi connectivity index (χ1v) is 6.87. The van der Waals surface area contributed by atoms with E-state index in [2.05, 4.69) is 36.2 Å². The van der Waals surface area contributed by atoms with Crippen molar-refractivity contribution in [2.24, 2.45) is 0 Å². The van der Waals surface area contributed by atoms with Gasteiger partial charge in [0.05, 0.1) is 6.42 Å². The maximum absolute atomic E-state index is 11.8. The minimum absolute atomic E-state index is 0.224. The van der Waals surface area contributed by atoms with Crippen molar-refractivity contribution in [1.82, 2.24) is 9.80 Å². The van der Waals surface area contributed by atoms with Crippen molar-refractivity contribution in [2.75, 3.05) is 27.2 Å². The average Bonchev–Trinajstić information content (AvgIpc) is 2.40. The van der Waals surface area contributed by atoms with Crippen LogP contribution in [0.5, 0.6) is 0 Å². The Hall–Kier alpha value is -1.61. The highest BCUT2D eigenvalue weighted by Gasteiger charge is 2.20. The van der Waals surface area contributed by atoms with E-state index in [0.717, 1.165) is 26.1 Å². The first kappa shape index (κ1) is 12.4. The predicted molar refractivity (Wildman–Crippen MR) is 76.7 cm³/mol. The molecule has 0 aromatic heterocycles. The van der Waals surface area contributed by atoms with Gasteiger partial charge in [-0.05, 0) is 35.7 Å². The zero-order chi connectivity index (χ0) is 13.4. The van der Waals surface area contributed by atoms with Crippen molar-refractivity contribution in [3.8, 4) is 0 Å². The Bertz CT molecular complexity index is 548. The summed E-state index contributed by atoms with van der Waals surface area (Å²) in [5.41, 5.74) is 5.22. The Morgan fingerprint density at radius 1 is 1.16 bits per heavy atom. The molecule has 0 aliphatic carbocycles. The van der Waals surface area contributed by atoms with E-state index in [1.54, 1.807) is 4.90 Å². The van der Waals surface area contributed by atoms with E-state index in [4.69, 9.17) is 0 Å². The number of carbonyl (C=O) groups is 1. The van der Waals surface area contributed by atoms with E-state index in [-0.39, 0.29) is 5.91 Å². The highest BCUT2D eigenvalue weighted by atomic mass is 16.2. The van der Waals surface area contributed by atoms with E-state index < -0.39 is 0 Å². The zero-order valence-corrected chi connectivity index (χ0v) is 11.6. The number of likely N-dealkylation sites (N-methyl/N-ethyl adjacent to an activating group) is 2. The van der Waals surface area contributed by atoms with Crippen LogP contribution in [0.2, 0.25) is 0 Å². The lowest BCUT2D eigenvalue weighted by molar-refractivity contribution is -0.130. The van der Waals surface area contributed by atoms with Crippen molar-refractivity contribution in [1.29, 1.82) is 0 Å². The van der Waals surface area contributed by atoms with Crippen LogP contribution in [0.3, 0.4) is 0 Å². The molecule has 0 spiro atoms. The highest BCUT2D eigenvalue weighted by molar-refractivity contribution is 5.81. The number of fused-ring (bicyclic) bond motifs is 1. The molecule has 100 valence electrons. The fourth-order valence-corrected chi connectivity index (χ4v) is 2.82. The third-order valence-electron chi connectivity index (χ3n) is 4.16. The molecule has 0 atom stereocenters. The van der Waals surface area contributed by atoms with E-state index in [9.17, 15) is 4.79 Å². The number of amides is 1. The Morgan fingerprint density at radius 2 is 2.00 bits per heavy atom. The molecule has 2 aliphatic rings. The summed E-state index contributed by atoms with van der Waals surface area (Å²) in [5.74, 6) is 0.224. The van der Waals surface area contributed by atoms with Gasteiger partial charge in [-0.1, -0.05) is 24.3 Å². The molecule has 3 heteroatoms. The molecule has 1 amide bonds. The van der Waals surface area contributed by atoms with Gasteiger partial charge in [0.2, 0.25) is 5.91 Å². The van der Waals surface area contributed by atoms with Crippen molar-refractivity contribution in [3.63, 3.8) is 0 Å². The molecule has 3 nitrogen and oxygen atoms in total. The van der Waals surface area contributed by atoms with Gasteiger partial charge in [0, 0.05) is 26.7 Å². The second-order valence-electron chi connectivity index (χ2n) is 5.65. The van der Waals surface area contributed by atoms with E-state index >= 15 is 0 Å². The minimum Gasteiger partial charge on any atom is -0.341 e. The van der Waals surface area contributed by atoms with Gasteiger partial charge in [-0.15, -0.1) is 0 Å². The smallest absolute Gasteiger partial charge is 0.227 e. The molecule has 0 saturated carbocycles. The second kappa shape index (κ2) is 4.82. The van der Waals surface area contributed by atoms with Crippen molar-refractivity contribution >= 4 is 11.5 Å². The zero-order valence-electron chi connectivity index (χ0n) is 11.6. The molecule has 0 fully saturated rings. The van der Waals surface area contributed by atoms with Gasteiger partial charge in [-0.3, -0.25) is 4.79 Å². The Labute approximate surface area is 114 Å². The summed E-state index contributed by atoms with van der Waals surface area (Å²) in [5, 5.41) is 0. The average molecular weight is 256 g/mol. The summed E-state index contributed by atoms with van der Waals surface area (Å²) < 4.78 is 0. The Morgan fingerprint density at radius 3 is 2.74 bits per heavy atom. The van der Waals surface area contributed by atoms with Gasteiger partial charge in [0.25, 0.3) is 0 Å². The lowest BCUT2D eigenvalue weighted by Crippen LogP contribution is -2.32. The van der Waals surface area contributed by atoms with Gasteiger partial charge < -0.3 is 9.80 Å². The number of nitrogens with zero attached hydrogens (tertiary/aromatic N) is 2. The summed E-state index contributed by atoms with van der Waals surface area (Å²) in [6.07, 6.45) is 3.96. The van der Waals surface area contributed by atoms with Crippen LogP contribution in [0.15, 0.2) is 24.3 Å². The lowest BCUT2D eigenvalue weighted by Gasteiger charge is -2.26. The van der Waals surface area contributed by atoms with Gasteiger partial charge >= 0.3 is 0 Å². The number of rotatable bonds is 1. The molecule has 0 radical (unpaired) electrons. The number of benzene rings is 1. The van der Waals surface area contributed by atoms with E-state index in [0.29, 0.717) is 6.42 Å². The van der Waals surface area contributed by atoms with Crippen LogP contribution in [-0.4, -0.2) is 42.9 Å². The minimum atomic E-state index is 0.224. The molecule has 2 heterocycles. The van der Waals surface area contributed by atoms with E-state index in [1.165, 1.54) is 22.3 Å². The summed E-state index contributed by atoms with van der Waals surface area (Å²) in [4.78, 5) is 15.9. The largest absolute Gasteiger partial charge is 0.341 e. The molecule has 19 heavy (non-hydrogen) atoms. The van der Waals surface area contributed by atoms with Crippen LogP contribution in [0, 0.1) is 0 Å². The van der Waals surface area contributed by atoms with Crippen LogP contribution in [0.25, 0.3) is 5.57 Å². The van der Waals surface area contributed by atoms with Crippen LogP contribution in [0.1, 0.15) is 23.1 Å². The molecule has 0 saturated heterocycles. The predicted octanol–water partition coefficient (Wildman–Crippen LogP) is 1.92. The summed E-state index contributed by atoms with van der Waals surface area (Å²) in [6.45, 7) is 2.88. The molecule has 3 rings (SSSR count).